The summed E-state index contributed by atoms with van der Waals surface area (Å²) in [5.74, 6) is -1.57. The zero-order chi connectivity index (χ0) is 17.0. The molecule has 1 aliphatic heterocycles. The van der Waals surface area contributed by atoms with Gasteiger partial charge >= 0.3 is 6.18 Å². The van der Waals surface area contributed by atoms with Gasteiger partial charge < -0.3 is 5.32 Å². The molecule has 1 heterocycles. The molecule has 1 amide bonds. The Balaban J connectivity index is 1.94. The summed E-state index contributed by atoms with van der Waals surface area (Å²) in [5.41, 5.74) is 0.972. The summed E-state index contributed by atoms with van der Waals surface area (Å²) < 4.78 is 38.7. The standard InChI is InChI=1S/C17H23F3N2O/c1-12(14-7-4-3-5-8-14)21-16(23)13(2)22-10-6-9-15(11-22)17(18,19)20/h3-5,7-8,12-13,15H,6,9-11H2,1-2H3,(H,21,23)/t12-,13+,15-/m0/s1. The molecule has 0 aromatic heterocycles. The zero-order valence-corrected chi connectivity index (χ0v) is 13.4. The van der Waals surface area contributed by atoms with Gasteiger partial charge in [0, 0.05) is 6.54 Å². The first kappa shape index (κ1) is 17.8. The molecule has 2 rings (SSSR count). The lowest BCUT2D eigenvalue weighted by molar-refractivity contribution is -0.189. The molecule has 1 saturated heterocycles. The van der Waals surface area contributed by atoms with Crippen LogP contribution in [0.3, 0.4) is 0 Å². The van der Waals surface area contributed by atoms with E-state index in [-0.39, 0.29) is 24.9 Å². The molecule has 1 fully saturated rings. The topological polar surface area (TPSA) is 32.3 Å². The van der Waals surface area contributed by atoms with Gasteiger partial charge in [-0.1, -0.05) is 30.3 Å². The van der Waals surface area contributed by atoms with Gasteiger partial charge in [0.05, 0.1) is 18.0 Å². The largest absolute Gasteiger partial charge is 0.393 e. The normalized spacial score (nSPS) is 22.4. The number of hydrogen-bond donors (Lipinski definition) is 1. The van der Waals surface area contributed by atoms with Crippen molar-refractivity contribution < 1.29 is 18.0 Å². The molecule has 3 atom stereocenters. The van der Waals surface area contributed by atoms with Crippen LogP contribution in [-0.4, -0.2) is 36.1 Å². The number of carbonyl (C=O) groups is 1. The summed E-state index contributed by atoms with van der Waals surface area (Å²) in [6, 6.07) is 8.76. The highest BCUT2D eigenvalue weighted by Gasteiger charge is 2.43. The Morgan fingerprint density at radius 2 is 1.91 bits per heavy atom. The quantitative estimate of drug-likeness (QED) is 0.917. The summed E-state index contributed by atoms with van der Waals surface area (Å²) in [6.07, 6.45) is -3.57. The molecule has 1 aromatic carbocycles. The first-order chi connectivity index (χ1) is 10.8. The molecule has 0 spiro atoms. The Morgan fingerprint density at radius 1 is 1.26 bits per heavy atom. The second-order valence-electron chi connectivity index (χ2n) is 6.19. The number of carbonyl (C=O) groups excluding carboxylic acids is 1. The Bertz CT molecular complexity index is 518. The summed E-state index contributed by atoms with van der Waals surface area (Å²) in [4.78, 5) is 14.0. The van der Waals surface area contributed by atoms with Crippen LogP contribution in [0.1, 0.15) is 38.3 Å². The third-order valence-corrected chi connectivity index (χ3v) is 4.50. The van der Waals surface area contributed by atoms with Gasteiger partial charge in [-0.2, -0.15) is 13.2 Å². The van der Waals surface area contributed by atoms with Crippen LogP contribution in [0.4, 0.5) is 13.2 Å². The van der Waals surface area contributed by atoms with E-state index in [0.717, 1.165) is 5.56 Å². The number of benzene rings is 1. The second kappa shape index (κ2) is 7.34. The second-order valence-corrected chi connectivity index (χ2v) is 6.19. The molecule has 1 aromatic rings. The highest BCUT2D eigenvalue weighted by atomic mass is 19.4. The van der Waals surface area contributed by atoms with Crippen LogP contribution < -0.4 is 5.32 Å². The lowest BCUT2D eigenvalue weighted by Gasteiger charge is -2.37. The van der Waals surface area contributed by atoms with Crippen LogP contribution in [0.2, 0.25) is 0 Å². The highest BCUT2D eigenvalue weighted by Crippen LogP contribution is 2.33. The van der Waals surface area contributed by atoms with E-state index < -0.39 is 18.1 Å². The molecule has 0 radical (unpaired) electrons. The highest BCUT2D eigenvalue weighted by molar-refractivity contribution is 5.81. The zero-order valence-electron chi connectivity index (χ0n) is 13.4. The van der Waals surface area contributed by atoms with Crippen LogP contribution in [0, 0.1) is 5.92 Å². The maximum Gasteiger partial charge on any atom is 0.393 e. The number of hydrogen-bond acceptors (Lipinski definition) is 2. The van der Waals surface area contributed by atoms with Crippen LogP contribution in [0.5, 0.6) is 0 Å². The van der Waals surface area contributed by atoms with Crippen molar-refractivity contribution in [3.8, 4) is 0 Å². The fourth-order valence-corrected chi connectivity index (χ4v) is 2.95. The third-order valence-electron chi connectivity index (χ3n) is 4.50. The SMILES string of the molecule is C[C@H](NC(=O)[C@@H](C)N1CCC[C@H](C(F)(F)F)C1)c1ccccc1. The van der Waals surface area contributed by atoms with Crippen molar-refractivity contribution in [1.29, 1.82) is 0 Å². The summed E-state index contributed by atoms with van der Waals surface area (Å²) in [6.45, 7) is 3.97. The Kier molecular flexibility index (Phi) is 5.68. The van der Waals surface area contributed by atoms with Crippen LogP contribution in [0.25, 0.3) is 0 Å². The third kappa shape index (κ3) is 4.70. The number of alkyl halides is 3. The number of likely N-dealkylation sites (tertiary alicyclic amines) is 1. The molecule has 6 heteroatoms. The lowest BCUT2D eigenvalue weighted by Crippen LogP contribution is -2.51. The molecule has 0 aliphatic carbocycles. The van der Waals surface area contributed by atoms with Gasteiger partial charge in [0.2, 0.25) is 5.91 Å². The van der Waals surface area contributed by atoms with Crippen LogP contribution >= 0.6 is 0 Å². The van der Waals surface area contributed by atoms with E-state index in [1.807, 2.05) is 37.3 Å². The summed E-state index contributed by atoms with van der Waals surface area (Å²) >= 11 is 0. The average molecular weight is 328 g/mol. The fourth-order valence-electron chi connectivity index (χ4n) is 2.95. The summed E-state index contributed by atoms with van der Waals surface area (Å²) in [7, 11) is 0. The van der Waals surface area contributed by atoms with Gasteiger partial charge in [-0.25, -0.2) is 0 Å². The molecule has 3 nitrogen and oxygen atoms in total. The molecule has 1 N–H and O–H groups in total. The minimum atomic E-state index is -4.19. The van der Waals surface area contributed by atoms with Crippen molar-refractivity contribution >= 4 is 5.91 Å². The van der Waals surface area contributed by atoms with Gasteiger partial charge in [-0.15, -0.1) is 0 Å². The maximum atomic E-state index is 12.9. The van der Waals surface area contributed by atoms with E-state index in [1.165, 1.54) is 0 Å². The first-order valence-electron chi connectivity index (χ1n) is 7.95. The predicted molar refractivity (Wildman–Crippen MR) is 82.8 cm³/mol. The molecule has 23 heavy (non-hydrogen) atoms. The van der Waals surface area contributed by atoms with Crippen molar-refractivity contribution in [2.45, 2.75) is 44.9 Å². The van der Waals surface area contributed by atoms with E-state index in [1.54, 1.807) is 11.8 Å². The number of rotatable bonds is 4. The van der Waals surface area contributed by atoms with Crippen LogP contribution in [0.15, 0.2) is 30.3 Å². The number of nitrogens with zero attached hydrogens (tertiary/aromatic N) is 1. The Hall–Kier alpha value is -1.56. The molecule has 0 saturated carbocycles. The number of halogens is 3. The van der Waals surface area contributed by atoms with Gasteiger partial charge in [0.25, 0.3) is 0 Å². The van der Waals surface area contributed by atoms with E-state index >= 15 is 0 Å². The number of piperidine rings is 1. The number of nitrogens with one attached hydrogen (secondary N) is 1. The monoisotopic (exact) mass is 328 g/mol. The van der Waals surface area contributed by atoms with Gasteiger partial charge in [-0.3, -0.25) is 9.69 Å². The molecular weight excluding hydrogens is 305 g/mol. The van der Waals surface area contributed by atoms with E-state index in [9.17, 15) is 18.0 Å². The smallest absolute Gasteiger partial charge is 0.348 e. The van der Waals surface area contributed by atoms with Gasteiger partial charge in [-0.05, 0) is 38.8 Å². The molecular formula is C17H23F3N2O. The summed E-state index contributed by atoms with van der Waals surface area (Å²) in [5, 5.41) is 2.88. The molecule has 128 valence electrons. The van der Waals surface area contributed by atoms with E-state index in [0.29, 0.717) is 13.0 Å². The molecule has 0 unspecified atom stereocenters. The Labute approximate surface area is 134 Å². The minimum absolute atomic E-state index is 0.0994. The minimum Gasteiger partial charge on any atom is -0.348 e. The lowest BCUT2D eigenvalue weighted by atomic mass is 9.96. The first-order valence-corrected chi connectivity index (χ1v) is 7.95. The fraction of sp³-hybridized carbons (Fsp3) is 0.588. The number of amides is 1. The van der Waals surface area contributed by atoms with Crippen molar-refractivity contribution in [3.63, 3.8) is 0 Å². The van der Waals surface area contributed by atoms with Gasteiger partial charge in [0.1, 0.15) is 0 Å². The van der Waals surface area contributed by atoms with Crippen molar-refractivity contribution in [3.05, 3.63) is 35.9 Å². The Morgan fingerprint density at radius 3 is 2.52 bits per heavy atom. The van der Waals surface area contributed by atoms with Crippen LogP contribution in [-0.2, 0) is 4.79 Å². The van der Waals surface area contributed by atoms with Crippen molar-refractivity contribution in [1.82, 2.24) is 10.2 Å². The van der Waals surface area contributed by atoms with E-state index in [4.69, 9.17) is 0 Å². The van der Waals surface area contributed by atoms with E-state index in [2.05, 4.69) is 5.32 Å². The predicted octanol–water partition coefficient (Wildman–Crippen LogP) is 3.53. The maximum absolute atomic E-state index is 12.9. The van der Waals surface area contributed by atoms with Gasteiger partial charge in [0.15, 0.2) is 0 Å². The molecule has 0 bridgehead atoms. The average Bonchev–Trinajstić information content (AvgIpc) is 2.54. The van der Waals surface area contributed by atoms with Crippen molar-refractivity contribution in [2.75, 3.05) is 13.1 Å². The van der Waals surface area contributed by atoms with Crippen molar-refractivity contribution in [2.24, 2.45) is 5.92 Å². The molecule has 1 aliphatic rings.